The zero-order valence-corrected chi connectivity index (χ0v) is 8.66. The molecule has 3 heterocycles. The highest BCUT2D eigenvalue weighted by molar-refractivity contribution is 5.79. The number of nitrogens with one attached hydrogen (secondary N) is 2. The molecule has 1 saturated heterocycles. The van der Waals surface area contributed by atoms with Crippen LogP contribution < -0.4 is 5.32 Å². The number of aromatic amines is 1. The first kappa shape index (κ1) is 8.92. The number of pyridine rings is 1. The van der Waals surface area contributed by atoms with E-state index in [1.54, 1.807) is 0 Å². The summed E-state index contributed by atoms with van der Waals surface area (Å²) in [6, 6.07) is 4.29. The maximum Gasteiger partial charge on any atom is 0.0487 e. The Morgan fingerprint density at radius 1 is 1.27 bits per heavy atom. The fraction of sp³-hybridized carbons (Fsp3) is 0.417. The molecular weight excluding hydrogens is 186 g/mol. The lowest BCUT2D eigenvalue weighted by Gasteiger charge is -2.21. The summed E-state index contributed by atoms with van der Waals surface area (Å²) >= 11 is 0. The number of H-pyrrole nitrogens is 1. The third-order valence-corrected chi connectivity index (χ3v) is 3.22. The molecule has 0 saturated carbocycles. The number of nitrogens with zero attached hydrogens (tertiary/aromatic N) is 1. The average molecular weight is 201 g/mol. The fourth-order valence-electron chi connectivity index (χ4n) is 2.35. The predicted molar refractivity (Wildman–Crippen MR) is 60.9 cm³/mol. The van der Waals surface area contributed by atoms with E-state index in [2.05, 4.69) is 21.4 Å². The molecule has 1 aliphatic rings. The van der Waals surface area contributed by atoms with Gasteiger partial charge in [0.2, 0.25) is 0 Å². The van der Waals surface area contributed by atoms with Crippen LogP contribution in [0.1, 0.15) is 24.5 Å². The Morgan fingerprint density at radius 2 is 2.13 bits per heavy atom. The molecule has 0 amide bonds. The van der Waals surface area contributed by atoms with E-state index in [1.165, 1.54) is 29.4 Å². The van der Waals surface area contributed by atoms with Crippen molar-refractivity contribution >= 4 is 10.9 Å². The average Bonchev–Trinajstić information content (AvgIpc) is 2.74. The molecule has 2 aromatic heterocycles. The van der Waals surface area contributed by atoms with Crippen LogP contribution in [-0.4, -0.2) is 23.1 Å². The van der Waals surface area contributed by atoms with Crippen LogP contribution in [0, 0.1) is 0 Å². The highest BCUT2D eigenvalue weighted by Gasteiger charge is 2.16. The molecule has 0 aliphatic carbocycles. The minimum Gasteiger partial charge on any atom is -0.358 e. The van der Waals surface area contributed by atoms with Gasteiger partial charge in [0.1, 0.15) is 0 Å². The third kappa shape index (κ3) is 1.63. The Bertz CT molecular complexity index is 422. The van der Waals surface area contributed by atoms with Gasteiger partial charge in [0.15, 0.2) is 0 Å². The second-order valence-electron chi connectivity index (χ2n) is 4.21. The van der Waals surface area contributed by atoms with Gasteiger partial charge in [0, 0.05) is 34.9 Å². The lowest BCUT2D eigenvalue weighted by Crippen LogP contribution is -2.26. The van der Waals surface area contributed by atoms with E-state index in [1.807, 2.05) is 18.5 Å². The van der Waals surface area contributed by atoms with Gasteiger partial charge in [-0.2, -0.15) is 0 Å². The van der Waals surface area contributed by atoms with E-state index in [-0.39, 0.29) is 0 Å². The van der Waals surface area contributed by atoms with Gasteiger partial charge in [-0.05, 0) is 38.1 Å². The maximum atomic E-state index is 4.14. The summed E-state index contributed by atoms with van der Waals surface area (Å²) in [5.74, 6) is 0.693. The molecule has 0 radical (unpaired) electrons. The molecule has 3 nitrogen and oxygen atoms in total. The molecule has 0 atom stereocenters. The molecule has 1 aliphatic heterocycles. The summed E-state index contributed by atoms with van der Waals surface area (Å²) < 4.78 is 0. The SMILES string of the molecule is c1cc2[nH]c(C3CCNCC3)cc2cn1. The standard InChI is InChI=1S/C12H15N3/c1-4-13-5-2-9(1)12-7-10-8-14-6-3-11(10)15-12/h3,6-9,13,15H,1-2,4-5H2. The van der Waals surface area contributed by atoms with Crippen molar-refractivity contribution in [2.75, 3.05) is 13.1 Å². The van der Waals surface area contributed by atoms with E-state index in [4.69, 9.17) is 0 Å². The van der Waals surface area contributed by atoms with Gasteiger partial charge in [-0.15, -0.1) is 0 Å². The second kappa shape index (κ2) is 3.66. The zero-order valence-electron chi connectivity index (χ0n) is 8.66. The first-order valence-electron chi connectivity index (χ1n) is 5.57. The Labute approximate surface area is 88.9 Å². The molecule has 1 fully saturated rings. The van der Waals surface area contributed by atoms with Gasteiger partial charge in [0.25, 0.3) is 0 Å². The monoisotopic (exact) mass is 201 g/mol. The first-order valence-corrected chi connectivity index (χ1v) is 5.57. The van der Waals surface area contributed by atoms with Crippen molar-refractivity contribution in [3.05, 3.63) is 30.2 Å². The number of aromatic nitrogens is 2. The Hall–Kier alpha value is -1.35. The highest BCUT2D eigenvalue weighted by Crippen LogP contribution is 2.27. The van der Waals surface area contributed by atoms with Gasteiger partial charge in [-0.3, -0.25) is 4.98 Å². The molecule has 78 valence electrons. The van der Waals surface area contributed by atoms with E-state index < -0.39 is 0 Å². The number of rotatable bonds is 1. The molecule has 15 heavy (non-hydrogen) atoms. The summed E-state index contributed by atoms with van der Waals surface area (Å²) in [5, 5.41) is 4.62. The molecule has 2 N–H and O–H groups in total. The lowest BCUT2D eigenvalue weighted by atomic mass is 9.95. The van der Waals surface area contributed by atoms with Crippen LogP contribution in [0.5, 0.6) is 0 Å². The van der Waals surface area contributed by atoms with Crippen LogP contribution in [-0.2, 0) is 0 Å². The van der Waals surface area contributed by atoms with Crippen molar-refractivity contribution < 1.29 is 0 Å². The minimum absolute atomic E-state index is 0.693. The van der Waals surface area contributed by atoms with Crippen LogP contribution in [0.2, 0.25) is 0 Å². The van der Waals surface area contributed by atoms with Crippen LogP contribution >= 0.6 is 0 Å². The molecule has 0 bridgehead atoms. The number of piperidine rings is 1. The number of hydrogen-bond donors (Lipinski definition) is 2. The van der Waals surface area contributed by atoms with E-state index in [0.29, 0.717) is 5.92 Å². The second-order valence-corrected chi connectivity index (χ2v) is 4.21. The number of fused-ring (bicyclic) bond motifs is 1. The molecule has 3 rings (SSSR count). The number of hydrogen-bond acceptors (Lipinski definition) is 2. The van der Waals surface area contributed by atoms with Gasteiger partial charge in [-0.1, -0.05) is 0 Å². The van der Waals surface area contributed by atoms with Crippen LogP contribution in [0.25, 0.3) is 10.9 Å². The zero-order chi connectivity index (χ0) is 10.1. The Morgan fingerprint density at radius 3 is 2.93 bits per heavy atom. The summed E-state index contributed by atoms with van der Waals surface area (Å²) in [5.41, 5.74) is 2.58. The fourth-order valence-corrected chi connectivity index (χ4v) is 2.35. The third-order valence-electron chi connectivity index (χ3n) is 3.22. The Kier molecular flexibility index (Phi) is 2.18. The molecule has 0 unspecified atom stereocenters. The quantitative estimate of drug-likeness (QED) is 0.741. The topological polar surface area (TPSA) is 40.7 Å². The van der Waals surface area contributed by atoms with Gasteiger partial charge < -0.3 is 10.3 Å². The van der Waals surface area contributed by atoms with Crippen molar-refractivity contribution in [3.8, 4) is 0 Å². The van der Waals surface area contributed by atoms with Gasteiger partial charge >= 0.3 is 0 Å². The minimum atomic E-state index is 0.693. The van der Waals surface area contributed by atoms with Crippen molar-refractivity contribution in [1.82, 2.24) is 15.3 Å². The first-order chi connectivity index (χ1) is 7.43. The Balaban J connectivity index is 1.96. The lowest BCUT2D eigenvalue weighted by molar-refractivity contribution is 0.455. The van der Waals surface area contributed by atoms with Crippen molar-refractivity contribution in [2.45, 2.75) is 18.8 Å². The van der Waals surface area contributed by atoms with Crippen molar-refractivity contribution in [1.29, 1.82) is 0 Å². The van der Waals surface area contributed by atoms with E-state index in [9.17, 15) is 0 Å². The summed E-state index contributed by atoms with van der Waals surface area (Å²) in [6.07, 6.45) is 6.24. The smallest absolute Gasteiger partial charge is 0.0487 e. The molecule has 0 spiro atoms. The van der Waals surface area contributed by atoms with Gasteiger partial charge in [0.05, 0.1) is 0 Å². The van der Waals surface area contributed by atoms with E-state index in [0.717, 1.165) is 13.1 Å². The molecule has 0 aromatic carbocycles. The largest absolute Gasteiger partial charge is 0.358 e. The molecule has 3 heteroatoms. The highest BCUT2D eigenvalue weighted by atomic mass is 14.9. The summed E-state index contributed by atoms with van der Waals surface area (Å²) in [4.78, 5) is 7.64. The van der Waals surface area contributed by atoms with Crippen molar-refractivity contribution in [3.63, 3.8) is 0 Å². The van der Waals surface area contributed by atoms with Crippen LogP contribution in [0.3, 0.4) is 0 Å². The summed E-state index contributed by atoms with van der Waals surface area (Å²) in [7, 11) is 0. The van der Waals surface area contributed by atoms with Crippen LogP contribution in [0.4, 0.5) is 0 Å². The normalized spacial score (nSPS) is 18.4. The molecule has 2 aromatic rings. The molecular formula is C12H15N3. The van der Waals surface area contributed by atoms with Crippen LogP contribution in [0.15, 0.2) is 24.5 Å². The maximum absolute atomic E-state index is 4.14. The van der Waals surface area contributed by atoms with Gasteiger partial charge in [-0.25, -0.2) is 0 Å². The summed E-state index contributed by atoms with van der Waals surface area (Å²) in [6.45, 7) is 2.27. The van der Waals surface area contributed by atoms with Crippen molar-refractivity contribution in [2.24, 2.45) is 0 Å². The van der Waals surface area contributed by atoms with E-state index >= 15 is 0 Å². The predicted octanol–water partition coefficient (Wildman–Crippen LogP) is 2.03.